The average Bonchev–Trinajstić information content (AvgIpc) is 3.42. The van der Waals surface area contributed by atoms with E-state index in [9.17, 15) is 19.5 Å². The van der Waals surface area contributed by atoms with E-state index in [1.807, 2.05) is 45.0 Å². The highest BCUT2D eigenvalue weighted by molar-refractivity contribution is 8.02. The number of esters is 1. The molecular formula is C28H41N3O5S. The Balaban J connectivity index is 1.71. The molecule has 2 amide bonds. The molecule has 3 saturated heterocycles. The van der Waals surface area contributed by atoms with Crippen molar-refractivity contribution in [3.63, 3.8) is 0 Å². The second-order valence-corrected chi connectivity index (χ2v) is 12.8. The standard InChI is InChI=1S/C28H41N3O5S/c1-7-30(8-2)19-12-10-18(11-13-19)29-24(33)23-28-15-14-27(6,37-28)22(26(35)36-9-3)21(28)25(34)31(23)20(16-32)17(4)5/h10-13,17,20-23,32H,7-9,14-16H2,1-6H3,(H,29,33)/t20-,21-,22-,23?,27+,28?/m0/s1. The molecule has 2 unspecified atom stereocenters. The van der Waals surface area contributed by atoms with Crippen LogP contribution < -0.4 is 10.2 Å². The Morgan fingerprint density at radius 1 is 1.19 bits per heavy atom. The van der Waals surface area contributed by atoms with Crippen molar-refractivity contribution < 1.29 is 24.2 Å². The van der Waals surface area contributed by atoms with Crippen molar-refractivity contribution in [2.75, 3.05) is 36.5 Å². The van der Waals surface area contributed by atoms with Gasteiger partial charge in [0.15, 0.2) is 0 Å². The first kappa shape index (κ1) is 27.8. The fraction of sp³-hybridized carbons (Fsp3) is 0.679. The van der Waals surface area contributed by atoms with E-state index in [1.54, 1.807) is 23.6 Å². The van der Waals surface area contributed by atoms with E-state index in [0.29, 0.717) is 12.1 Å². The Bertz CT molecular complexity index is 1030. The van der Waals surface area contributed by atoms with E-state index in [2.05, 4.69) is 24.1 Å². The topological polar surface area (TPSA) is 99.2 Å². The van der Waals surface area contributed by atoms with Gasteiger partial charge in [-0.2, -0.15) is 0 Å². The number of rotatable bonds is 10. The number of hydrogen-bond donors (Lipinski definition) is 2. The minimum Gasteiger partial charge on any atom is -0.466 e. The van der Waals surface area contributed by atoms with Crippen LogP contribution in [0.3, 0.4) is 0 Å². The predicted octanol–water partition coefficient (Wildman–Crippen LogP) is 3.53. The molecule has 2 N–H and O–H groups in total. The van der Waals surface area contributed by atoms with Crippen LogP contribution in [-0.4, -0.2) is 75.7 Å². The van der Waals surface area contributed by atoms with Gasteiger partial charge in [0, 0.05) is 29.2 Å². The van der Waals surface area contributed by atoms with Crippen molar-refractivity contribution in [3.05, 3.63) is 24.3 Å². The van der Waals surface area contributed by atoms with Crippen LogP contribution in [0.15, 0.2) is 24.3 Å². The zero-order valence-electron chi connectivity index (χ0n) is 22.8. The number of thioether (sulfide) groups is 1. The van der Waals surface area contributed by atoms with Crippen molar-refractivity contribution in [2.45, 2.75) is 76.0 Å². The highest BCUT2D eigenvalue weighted by atomic mass is 32.2. The SMILES string of the molecule is CCOC(=O)[C@@H]1[C@H]2C(=O)N([C@@H](CO)C(C)C)C(C(=O)Nc3ccc(N(CC)CC)cc3)C23CC[C@@]1(C)S3. The number of benzene rings is 1. The zero-order chi connectivity index (χ0) is 27.1. The minimum absolute atomic E-state index is 0.0633. The largest absolute Gasteiger partial charge is 0.466 e. The number of nitrogens with one attached hydrogen (secondary N) is 1. The molecule has 3 aliphatic rings. The summed E-state index contributed by atoms with van der Waals surface area (Å²) < 4.78 is 4.23. The molecule has 6 atom stereocenters. The number of amides is 2. The Morgan fingerprint density at radius 2 is 1.84 bits per heavy atom. The number of ether oxygens (including phenoxy) is 1. The van der Waals surface area contributed by atoms with E-state index in [0.717, 1.165) is 25.2 Å². The Labute approximate surface area is 224 Å². The fourth-order valence-corrected chi connectivity index (χ4v) is 9.12. The van der Waals surface area contributed by atoms with Gasteiger partial charge in [0.25, 0.3) is 0 Å². The van der Waals surface area contributed by atoms with Gasteiger partial charge in [-0.05, 0) is 70.7 Å². The Hall–Kier alpha value is -2.26. The number of aliphatic hydroxyl groups is 1. The maximum atomic E-state index is 14.1. The van der Waals surface area contributed by atoms with Gasteiger partial charge in [0.05, 0.1) is 35.8 Å². The summed E-state index contributed by atoms with van der Waals surface area (Å²) in [4.78, 5) is 45.1. The summed E-state index contributed by atoms with van der Waals surface area (Å²) in [6.45, 7) is 13.6. The van der Waals surface area contributed by atoms with Crippen LogP contribution >= 0.6 is 11.8 Å². The van der Waals surface area contributed by atoms with Crippen LogP contribution in [0.5, 0.6) is 0 Å². The molecule has 8 nitrogen and oxygen atoms in total. The van der Waals surface area contributed by atoms with Crippen LogP contribution in [-0.2, 0) is 19.1 Å². The normalized spacial score (nSPS) is 31.0. The number of carbonyl (C=O) groups is 3. The molecule has 2 bridgehead atoms. The van der Waals surface area contributed by atoms with Crippen molar-refractivity contribution in [2.24, 2.45) is 17.8 Å². The van der Waals surface area contributed by atoms with Crippen molar-refractivity contribution in [3.8, 4) is 0 Å². The number of carbonyl (C=O) groups excluding carboxylic acids is 3. The third-order valence-electron chi connectivity index (χ3n) is 8.58. The average molecular weight is 532 g/mol. The molecule has 3 heterocycles. The van der Waals surface area contributed by atoms with Gasteiger partial charge in [0.1, 0.15) is 6.04 Å². The predicted molar refractivity (Wildman–Crippen MR) is 147 cm³/mol. The molecule has 1 spiro atoms. The first-order valence-electron chi connectivity index (χ1n) is 13.5. The molecule has 1 aromatic rings. The second kappa shape index (κ2) is 10.5. The van der Waals surface area contributed by atoms with E-state index in [-0.39, 0.29) is 36.9 Å². The van der Waals surface area contributed by atoms with Crippen molar-refractivity contribution in [1.82, 2.24) is 4.90 Å². The highest BCUT2D eigenvalue weighted by Gasteiger charge is 2.78. The molecule has 3 aliphatic heterocycles. The first-order chi connectivity index (χ1) is 17.6. The second-order valence-electron chi connectivity index (χ2n) is 10.9. The minimum atomic E-state index is -0.793. The maximum absolute atomic E-state index is 14.1. The van der Waals surface area contributed by atoms with Gasteiger partial charge in [-0.25, -0.2) is 0 Å². The van der Waals surface area contributed by atoms with E-state index < -0.39 is 33.4 Å². The van der Waals surface area contributed by atoms with Gasteiger partial charge in [-0.3, -0.25) is 14.4 Å². The monoisotopic (exact) mass is 531 g/mol. The van der Waals surface area contributed by atoms with E-state index >= 15 is 0 Å². The summed E-state index contributed by atoms with van der Waals surface area (Å²) in [5, 5.41) is 13.4. The summed E-state index contributed by atoms with van der Waals surface area (Å²) in [6, 6.07) is 6.42. The van der Waals surface area contributed by atoms with Gasteiger partial charge in [-0.1, -0.05) is 13.8 Å². The smallest absolute Gasteiger partial charge is 0.311 e. The lowest BCUT2D eigenvalue weighted by Crippen LogP contribution is -2.56. The van der Waals surface area contributed by atoms with Gasteiger partial charge in [0.2, 0.25) is 11.8 Å². The molecule has 0 aromatic heterocycles. The molecule has 4 rings (SSSR count). The van der Waals surface area contributed by atoms with Gasteiger partial charge in [-0.15, -0.1) is 11.8 Å². The quantitative estimate of drug-likeness (QED) is 0.446. The third-order valence-corrected chi connectivity index (χ3v) is 10.6. The lowest BCUT2D eigenvalue weighted by atomic mass is 9.66. The molecule has 0 radical (unpaired) electrons. The first-order valence-corrected chi connectivity index (χ1v) is 14.4. The lowest BCUT2D eigenvalue weighted by molar-refractivity contribution is -0.155. The molecule has 0 aliphatic carbocycles. The molecular weight excluding hydrogens is 490 g/mol. The summed E-state index contributed by atoms with van der Waals surface area (Å²) in [5.41, 5.74) is 1.73. The summed E-state index contributed by atoms with van der Waals surface area (Å²) in [7, 11) is 0. The zero-order valence-corrected chi connectivity index (χ0v) is 23.6. The van der Waals surface area contributed by atoms with Crippen LogP contribution in [0.4, 0.5) is 11.4 Å². The summed E-state index contributed by atoms with van der Waals surface area (Å²) in [6.07, 6.45) is 1.39. The highest BCUT2D eigenvalue weighted by Crippen LogP contribution is 2.71. The third kappa shape index (κ3) is 4.42. The van der Waals surface area contributed by atoms with Crippen LogP contribution in [0.1, 0.15) is 54.4 Å². The van der Waals surface area contributed by atoms with Crippen molar-refractivity contribution >= 4 is 40.9 Å². The van der Waals surface area contributed by atoms with E-state index in [4.69, 9.17) is 4.74 Å². The Morgan fingerprint density at radius 3 is 2.38 bits per heavy atom. The number of aliphatic hydroxyl groups excluding tert-OH is 1. The summed E-state index contributed by atoms with van der Waals surface area (Å²) in [5.74, 6) is -2.18. The van der Waals surface area contributed by atoms with E-state index in [1.165, 1.54) is 0 Å². The van der Waals surface area contributed by atoms with Crippen LogP contribution in [0.25, 0.3) is 0 Å². The number of likely N-dealkylation sites (tertiary alicyclic amines) is 1. The number of hydrogen-bond acceptors (Lipinski definition) is 7. The van der Waals surface area contributed by atoms with Gasteiger partial charge >= 0.3 is 5.97 Å². The molecule has 1 aromatic carbocycles. The van der Waals surface area contributed by atoms with Crippen LogP contribution in [0.2, 0.25) is 0 Å². The molecule has 204 valence electrons. The molecule has 0 saturated carbocycles. The summed E-state index contributed by atoms with van der Waals surface area (Å²) >= 11 is 1.61. The van der Waals surface area contributed by atoms with Crippen molar-refractivity contribution in [1.29, 1.82) is 0 Å². The molecule has 3 fully saturated rings. The van der Waals surface area contributed by atoms with Crippen LogP contribution in [0, 0.1) is 17.8 Å². The lowest BCUT2D eigenvalue weighted by Gasteiger charge is -2.38. The van der Waals surface area contributed by atoms with Gasteiger partial charge < -0.3 is 25.0 Å². The Kier molecular flexibility index (Phi) is 7.87. The number of fused-ring (bicyclic) bond motifs is 1. The molecule has 9 heteroatoms. The number of nitrogens with zero attached hydrogens (tertiary/aromatic N) is 2. The fourth-order valence-electron chi connectivity index (χ4n) is 6.79. The molecule has 37 heavy (non-hydrogen) atoms. The number of anilines is 2. The maximum Gasteiger partial charge on any atom is 0.311 e.